The van der Waals surface area contributed by atoms with Gasteiger partial charge in [0.2, 0.25) is 0 Å². The molecule has 0 aliphatic carbocycles. The number of rotatable bonds is 2. The molecule has 0 saturated carbocycles. The first-order valence-corrected chi connectivity index (χ1v) is 14.6. The molecule has 7 aromatic rings. The van der Waals surface area contributed by atoms with Gasteiger partial charge in [-0.25, -0.2) is 4.21 Å². The van der Waals surface area contributed by atoms with Crippen LogP contribution < -0.4 is 0 Å². The summed E-state index contributed by atoms with van der Waals surface area (Å²) in [5.74, 6) is 0. The highest BCUT2D eigenvalue weighted by Crippen LogP contribution is 2.46. The second-order valence-electron chi connectivity index (χ2n) is 10.0. The summed E-state index contributed by atoms with van der Waals surface area (Å²) >= 11 is 0. The zero-order chi connectivity index (χ0) is 26.0. The lowest BCUT2D eigenvalue weighted by atomic mass is 9.91. The monoisotopic (exact) mass is 517 g/mol. The Bertz CT molecular complexity index is 2190. The van der Waals surface area contributed by atoms with Gasteiger partial charge < -0.3 is 0 Å². The molecule has 0 bridgehead atoms. The van der Waals surface area contributed by atoms with Crippen LogP contribution in [0.15, 0.2) is 154 Å². The highest BCUT2D eigenvalue weighted by Gasteiger charge is 2.26. The molecule has 0 aromatic heterocycles. The van der Waals surface area contributed by atoms with Gasteiger partial charge in [-0.2, -0.15) is 4.36 Å². The van der Waals surface area contributed by atoms with Crippen molar-refractivity contribution in [1.82, 2.24) is 0 Å². The second kappa shape index (κ2) is 8.39. The van der Waals surface area contributed by atoms with E-state index in [0.29, 0.717) is 0 Å². The molecule has 1 heterocycles. The molecule has 0 saturated heterocycles. The molecular formula is C36H23NOS. The minimum atomic E-state index is -2.77. The lowest BCUT2D eigenvalue weighted by Crippen LogP contribution is -2.07. The number of nitrogens with zero attached hydrogens (tertiary/aromatic N) is 1. The van der Waals surface area contributed by atoms with Gasteiger partial charge in [-0.15, -0.1) is 0 Å². The fourth-order valence-electron chi connectivity index (χ4n) is 6.00. The van der Waals surface area contributed by atoms with Crippen molar-refractivity contribution < 1.29 is 4.21 Å². The number of fused-ring (bicyclic) bond motifs is 9. The summed E-state index contributed by atoms with van der Waals surface area (Å²) in [4.78, 5) is 1.51. The summed E-state index contributed by atoms with van der Waals surface area (Å²) in [5.41, 5.74) is 5.03. The third-order valence-corrected chi connectivity index (χ3v) is 10.2. The molecule has 3 heteroatoms. The van der Waals surface area contributed by atoms with E-state index in [1.807, 2.05) is 54.6 Å². The lowest BCUT2D eigenvalue weighted by Gasteiger charge is -2.22. The molecule has 7 aromatic carbocycles. The van der Waals surface area contributed by atoms with Gasteiger partial charge in [0.25, 0.3) is 0 Å². The molecule has 1 aliphatic rings. The molecule has 2 nitrogen and oxygen atoms in total. The van der Waals surface area contributed by atoms with Crippen LogP contribution in [0.3, 0.4) is 0 Å². The topological polar surface area (TPSA) is 29.4 Å². The molecule has 8 rings (SSSR count). The zero-order valence-corrected chi connectivity index (χ0v) is 21.9. The molecular weight excluding hydrogens is 494 g/mol. The van der Waals surface area contributed by atoms with Gasteiger partial charge in [0, 0.05) is 11.1 Å². The van der Waals surface area contributed by atoms with Gasteiger partial charge in [0.15, 0.2) is 0 Å². The highest BCUT2D eigenvalue weighted by atomic mass is 32.2. The van der Waals surface area contributed by atoms with Crippen molar-refractivity contribution in [2.45, 2.75) is 9.79 Å². The summed E-state index contributed by atoms with van der Waals surface area (Å²) in [6.45, 7) is 0. The predicted octanol–water partition coefficient (Wildman–Crippen LogP) is 10.0. The maximum absolute atomic E-state index is 14.4. The molecule has 1 unspecified atom stereocenters. The first-order chi connectivity index (χ1) is 19.2. The second-order valence-corrected chi connectivity index (χ2v) is 12.2. The summed E-state index contributed by atoms with van der Waals surface area (Å²) in [5, 5.41) is 7.58. The highest BCUT2D eigenvalue weighted by molar-refractivity contribution is 7.94. The fourth-order valence-corrected chi connectivity index (χ4v) is 8.16. The van der Waals surface area contributed by atoms with Crippen molar-refractivity contribution in [2.75, 3.05) is 0 Å². The van der Waals surface area contributed by atoms with Crippen LogP contribution in [-0.2, 0) is 9.73 Å². The Kier molecular flexibility index (Phi) is 4.79. The Morgan fingerprint density at radius 3 is 1.69 bits per heavy atom. The smallest absolute Gasteiger partial charge is 0.109 e. The average molecular weight is 518 g/mol. The van der Waals surface area contributed by atoms with Crippen molar-refractivity contribution in [2.24, 2.45) is 4.36 Å². The van der Waals surface area contributed by atoms with Crippen molar-refractivity contribution in [3.63, 3.8) is 0 Å². The zero-order valence-electron chi connectivity index (χ0n) is 21.0. The summed E-state index contributed by atoms with van der Waals surface area (Å²) < 4.78 is 19.2. The first kappa shape index (κ1) is 22.3. The van der Waals surface area contributed by atoms with E-state index in [-0.39, 0.29) is 0 Å². The maximum atomic E-state index is 14.4. The van der Waals surface area contributed by atoms with E-state index in [0.717, 1.165) is 37.7 Å². The van der Waals surface area contributed by atoms with Gasteiger partial charge >= 0.3 is 0 Å². The van der Waals surface area contributed by atoms with E-state index < -0.39 is 9.73 Å². The third kappa shape index (κ3) is 3.30. The van der Waals surface area contributed by atoms with E-state index in [2.05, 4.69) is 84.9 Å². The molecule has 1 aliphatic heterocycles. The van der Waals surface area contributed by atoms with E-state index >= 15 is 0 Å². The molecule has 0 amide bonds. The van der Waals surface area contributed by atoms with Crippen LogP contribution in [0.5, 0.6) is 0 Å². The molecule has 1 atom stereocenters. The van der Waals surface area contributed by atoms with Crippen LogP contribution in [0.1, 0.15) is 0 Å². The van der Waals surface area contributed by atoms with Crippen molar-refractivity contribution in [3.05, 3.63) is 140 Å². The SMILES string of the molecule is O=S1(c2ccccc2)=Nc2ccc(-c3ccc4c5ccccc5c5ccccc5c4c3)cc2-c2ccccc21. The molecule has 39 heavy (non-hydrogen) atoms. The number of benzene rings is 7. The normalized spacial score (nSPS) is 16.1. The van der Waals surface area contributed by atoms with Crippen LogP contribution in [0.4, 0.5) is 5.69 Å². The van der Waals surface area contributed by atoms with Crippen LogP contribution in [0.2, 0.25) is 0 Å². The largest absolute Gasteiger partial charge is 0.239 e. The van der Waals surface area contributed by atoms with Gasteiger partial charge in [-0.1, -0.05) is 103 Å². The fraction of sp³-hybridized carbons (Fsp3) is 0. The van der Waals surface area contributed by atoms with Gasteiger partial charge in [0.1, 0.15) is 9.73 Å². The third-order valence-electron chi connectivity index (χ3n) is 7.84. The molecule has 0 fully saturated rings. The number of hydrogen-bond acceptors (Lipinski definition) is 2. The number of hydrogen-bond donors (Lipinski definition) is 0. The Balaban J connectivity index is 1.36. The standard InChI is InChI=1S/C36H23NOS/c38-39(26-10-2-1-3-11-26)36-17-9-8-16-32(36)34-23-25(19-21-35(34)37-39)24-18-20-31-29-14-5-4-12-27(29)28-13-6-7-15-30(28)33(31)22-24/h1-23H. The van der Waals surface area contributed by atoms with Crippen molar-refractivity contribution in [1.29, 1.82) is 0 Å². The molecule has 0 N–H and O–H groups in total. The Hall–Kier alpha value is -4.73. The minimum Gasteiger partial charge on any atom is -0.239 e. The first-order valence-electron chi connectivity index (χ1n) is 13.1. The predicted molar refractivity (Wildman–Crippen MR) is 163 cm³/mol. The van der Waals surface area contributed by atoms with E-state index in [1.54, 1.807) is 0 Å². The molecule has 184 valence electrons. The Labute approximate surface area is 227 Å². The van der Waals surface area contributed by atoms with Gasteiger partial charge in [-0.3, -0.25) is 0 Å². The summed E-state index contributed by atoms with van der Waals surface area (Å²) in [6, 6.07) is 48.0. The lowest BCUT2D eigenvalue weighted by molar-refractivity contribution is 0.676. The maximum Gasteiger partial charge on any atom is 0.109 e. The van der Waals surface area contributed by atoms with Crippen LogP contribution in [0.25, 0.3) is 54.6 Å². The van der Waals surface area contributed by atoms with Crippen LogP contribution in [-0.4, -0.2) is 4.21 Å². The quantitative estimate of drug-likeness (QED) is 0.210. The van der Waals surface area contributed by atoms with E-state index in [9.17, 15) is 4.21 Å². The Morgan fingerprint density at radius 1 is 0.436 bits per heavy atom. The Morgan fingerprint density at radius 2 is 0.974 bits per heavy atom. The van der Waals surface area contributed by atoms with E-state index in [4.69, 9.17) is 4.36 Å². The molecule has 0 radical (unpaired) electrons. The van der Waals surface area contributed by atoms with Crippen molar-refractivity contribution >= 4 is 47.7 Å². The average Bonchev–Trinajstić information content (AvgIpc) is 3.01. The minimum absolute atomic E-state index is 0.737. The summed E-state index contributed by atoms with van der Waals surface area (Å²) in [6.07, 6.45) is 0. The molecule has 0 spiro atoms. The van der Waals surface area contributed by atoms with Crippen molar-refractivity contribution in [3.8, 4) is 22.3 Å². The van der Waals surface area contributed by atoms with Gasteiger partial charge in [0.05, 0.1) is 15.5 Å². The van der Waals surface area contributed by atoms with Gasteiger partial charge in [-0.05, 0) is 79.8 Å². The van der Waals surface area contributed by atoms with E-state index in [1.165, 1.54) is 32.3 Å². The summed E-state index contributed by atoms with van der Waals surface area (Å²) in [7, 11) is -2.77. The van der Waals surface area contributed by atoms with Crippen LogP contribution >= 0.6 is 0 Å². The van der Waals surface area contributed by atoms with Crippen LogP contribution in [0, 0.1) is 0 Å².